The van der Waals surface area contributed by atoms with Crippen LogP contribution in [0, 0.1) is 0 Å². The zero-order chi connectivity index (χ0) is 20.2. The number of hydrogen-bond donors (Lipinski definition) is 3. The molecule has 5 nitrogen and oxygen atoms in total. The van der Waals surface area contributed by atoms with Crippen LogP contribution in [0.15, 0.2) is 66.0 Å². The van der Waals surface area contributed by atoms with Crippen LogP contribution in [0.25, 0.3) is 0 Å². The van der Waals surface area contributed by atoms with E-state index >= 15 is 0 Å². The molecule has 1 aromatic carbocycles. The van der Waals surface area contributed by atoms with E-state index < -0.39 is 0 Å². The predicted molar refractivity (Wildman–Crippen MR) is 115 cm³/mol. The van der Waals surface area contributed by atoms with Gasteiger partial charge in [-0.15, -0.1) is 0 Å². The largest absolute Gasteiger partial charge is 0.387 e. The molecule has 0 saturated carbocycles. The maximum absolute atomic E-state index is 9.88. The number of nitrogens with one attached hydrogen (secondary N) is 3. The number of benzene rings is 1. The summed E-state index contributed by atoms with van der Waals surface area (Å²) in [7, 11) is 1.89. The van der Waals surface area contributed by atoms with Crippen molar-refractivity contribution in [1.82, 2.24) is 16.0 Å². The lowest BCUT2D eigenvalue weighted by atomic mass is 9.99. The molecule has 2 heterocycles. The van der Waals surface area contributed by atoms with Gasteiger partial charge in [-0.3, -0.25) is 4.79 Å². The number of carbonyl (C=O) groups is 1. The van der Waals surface area contributed by atoms with Crippen molar-refractivity contribution in [2.75, 3.05) is 20.2 Å². The molecule has 2 unspecified atom stereocenters. The van der Waals surface area contributed by atoms with Crippen LogP contribution in [0.3, 0.4) is 0 Å². The molecule has 1 amide bonds. The van der Waals surface area contributed by atoms with Crippen molar-refractivity contribution in [1.29, 1.82) is 0 Å². The lowest BCUT2D eigenvalue weighted by Gasteiger charge is -2.25. The van der Waals surface area contributed by atoms with Crippen molar-refractivity contribution in [2.45, 2.75) is 44.8 Å². The van der Waals surface area contributed by atoms with Gasteiger partial charge in [-0.2, -0.15) is 0 Å². The first-order chi connectivity index (χ1) is 13.6. The van der Waals surface area contributed by atoms with Crippen molar-refractivity contribution < 1.29 is 9.53 Å². The topological polar surface area (TPSA) is 62.4 Å². The Kier molecular flexibility index (Phi) is 9.35. The van der Waals surface area contributed by atoms with Gasteiger partial charge in [0, 0.05) is 26.2 Å². The van der Waals surface area contributed by atoms with E-state index in [0.29, 0.717) is 12.6 Å². The van der Waals surface area contributed by atoms with E-state index in [2.05, 4.69) is 65.9 Å². The van der Waals surface area contributed by atoms with Crippen molar-refractivity contribution in [3.63, 3.8) is 0 Å². The summed E-state index contributed by atoms with van der Waals surface area (Å²) in [6, 6.07) is 10.9. The zero-order valence-corrected chi connectivity index (χ0v) is 17.0. The molecule has 0 aromatic heterocycles. The molecule has 0 bridgehead atoms. The summed E-state index contributed by atoms with van der Waals surface area (Å²) in [5.41, 5.74) is 4.63. The molecule has 2 aliphatic rings. The maximum atomic E-state index is 9.88. The fourth-order valence-corrected chi connectivity index (χ4v) is 3.31. The first-order valence-corrected chi connectivity index (χ1v) is 9.98. The number of allylic oxidation sites excluding steroid dienone is 2. The SMILES string of the molecule is C=C(NC)C1=CC(C)=CC(Cc2ccccc2)N1.O=CNCC1CCCCO1. The normalized spacial score (nSPS) is 21.1. The van der Waals surface area contributed by atoms with Crippen molar-refractivity contribution in [2.24, 2.45) is 0 Å². The third-order valence-corrected chi connectivity index (χ3v) is 4.81. The predicted octanol–water partition coefficient (Wildman–Crippen LogP) is 3.07. The fourth-order valence-electron chi connectivity index (χ4n) is 3.31. The van der Waals surface area contributed by atoms with E-state index in [4.69, 9.17) is 4.74 Å². The molecule has 2 aliphatic heterocycles. The average Bonchev–Trinajstić information content (AvgIpc) is 2.73. The minimum Gasteiger partial charge on any atom is -0.387 e. The molecule has 152 valence electrons. The summed E-state index contributed by atoms with van der Waals surface area (Å²) >= 11 is 0. The highest BCUT2D eigenvalue weighted by Crippen LogP contribution is 2.16. The van der Waals surface area contributed by atoms with E-state index in [9.17, 15) is 4.79 Å². The van der Waals surface area contributed by atoms with Gasteiger partial charge in [0.1, 0.15) is 0 Å². The second-order valence-electron chi connectivity index (χ2n) is 7.15. The van der Waals surface area contributed by atoms with Gasteiger partial charge in [-0.1, -0.05) is 48.6 Å². The highest BCUT2D eigenvalue weighted by Gasteiger charge is 2.14. The Bertz CT molecular complexity index is 676. The number of ether oxygens (including phenoxy) is 1. The summed E-state index contributed by atoms with van der Waals surface area (Å²) in [5.74, 6) is 0. The van der Waals surface area contributed by atoms with Gasteiger partial charge < -0.3 is 20.7 Å². The molecule has 28 heavy (non-hydrogen) atoms. The zero-order valence-electron chi connectivity index (χ0n) is 17.0. The van der Waals surface area contributed by atoms with Crippen LogP contribution in [-0.2, 0) is 16.0 Å². The van der Waals surface area contributed by atoms with Gasteiger partial charge in [0.25, 0.3) is 0 Å². The van der Waals surface area contributed by atoms with Gasteiger partial charge in [0.05, 0.1) is 17.5 Å². The molecule has 1 fully saturated rings. The molecule has 0 radical (unpaired) electrons. The molecule has 0 spiro atoms. The van der Waals surface area contributed by atoms with Gasteiger partial charge in [-0.05, 0) is 44.2 Å². The molecular weight excluding hydrogens is 350 g/mol. The number of rotatable bonds is 7. The molecule has 0 aliphatic carbocycles. The fraction of sp³-hybridized carbons (Fsp3) is 0.435. The molecule has 5 heteroatoms. The van der Waals surface area contributed by atoms with Crippen LogP contribution < -0.4 is 16.0 Å². The molecule has 2 atom stereocenters. The third-order valence-electron chi connectivity index (χ3n) is 4.81. The smallest absolute Gasteiger partial charge is 0.207 e. The van der Waals surface area contributed by atoms with Crippen LogP contribution in [0.2, 0.25) is 0 Å². The quantitative estimate of drug-likeness (QED) is 0.633. The summed E-state index contributed by atoms with van der Waals surface area (Å²) < 4.78 is 5.36. The lowest BCUT2D eigenvalue weighted by molar-refractivity contribution is -0.110. The highest BCUT2D eigenvalue weighted by atomic mass is 16.5. The van der Waals surface area contributed by atoms with Gasteiger partial charge in [-0.25, -0.2) is 0 Å². The van der Waals surface area contributed by atoms with Gasteiger partial charge in [0.2, 0.25) is 6.41 Å². The number of carbonyl (C=O) groups excluding carboxylic acids is 1. The van der Waals surface area contributed by atoms with E-state index in [1.807, 2.05) is 13.1 Å². The first-order valence-electron chi connectivity index (χ1n) is 9.98. The van der Waals surface area contributed by atoms with E-state index in [0.717, 1.165) is 43.7 Å². The van der Waals surface area contributed by atoms with Crippen LogP contribution in [-0.4, -0.2) is 38.8 Å². The van der Waals surface area contributed by atoms with Crippen molar-refractivity contribution >= 4 is 6.41 Å². The summed E-state index contributed by atoms with van der Waals surface area (Å²) in [4.78, 5) is 9.88. The molecular formula is C23H33N3O2. The van der Waals surface area contributed by atoms with Crippen LogP contribution in [0.4, 0.5) is 0 Å². The van der Waals surface area contributed by atoms with Crippen molar-refractivity contribution in [3.05, 3.63) is 71.6 Å². The van der Waals surface area contributed by atoms with Gasteiger partial charge in [0.15, 0.2) is 0 Å². The Morgan fingerprint density at radius 2 is 2.11 bits per heavy atom. The summed E-state index contributed by atoms with van der Waals surface area (Å²) in [5, 5.41) is 9.21. The Morgan fingerprint density at radius 1 is 1.32 bits per heavy atom. The molecule has 3 N–H and O–H groups in total. The highest BCUT2D eigenvalue weighted by molar-refractivity contribution is 5.45. The van der Waals surface area contributed by atoms with Crippen LogP contribution >= 0.6 is 0 Å². The van der Waals surface area contributed by atoms with E-state index in [-0.39, 0.29) is 6.10 Å². The van der Waals surface area contributed by atoms with E-state index in [1.54, 1.807) is 0 Å². The van der Waals surface area contributed by atoms with E-state index in [1.165, 1.54) is 17.6 Å². The number of dihydropyridines is 1. The average molecular weight is 384 g/mol. The lowest BCUT2D eigenvalue weighted by Crippen LogP contribution is -2.33. The molecule has 1 aromatic rings. The van der Waals surface area contributed by atoms with Gasteiger partial charge >= 0.3 is 0 Å². The second-order valence-corrected chi connectivity index (χ2v) is 7.15. The number of hydrogen-bond acceptors (Lipinski definition) is 4. The Balaban J connectivity index is 0.000000237. The van der Waals surface area contributed by atoms with Crippen LogP contribution in [0.5, 0.6) is 0 Å². The Labute approximate surface area is 168 Å². The minimum atomic E-state index is 0.263. The maximum Gasteiger partial charge on any atom is 0.207 e. The first kappa shape index (κ1) is 21.8. The van der Waals surface area contributed by atoms with Crippen molar-refractivity contribution in [3.8, 4) is 0 Å². The Hall–Kier alpha value is -2.53. The monoisotopic (exact) mass is 383 g/mol. The van der Waals surface area contributed by atoms with Crippen LogP contribution in [0.1, 0.15) is 31.7 Å². The third kappa shape index (κ3) is 7.61. The molecule has 3 rings (SSSR count). The second kappa shape index (κ2) is 12.0. The molecule has 1 saturated heterocycles. The Morgan fingerprint density at radius 3 is 2.75 bits per heavy atom. The summed E-state index contributed by atoms with van der Waals surface area (Å²) in [6.07, 6.45) is 9.84. The number of amides is 1. The standard InChI is InChI=1S/C16H20N2.C7H13NO2/c1-12-9-15(11-14-7-5-4-6-8-14)18-16(10-12)13(2)17-3;9-6-8-5-7-3-1-2-4-10-7/h4-10,15,17-18H,2,11H2,1,3H3;6-7H,1-5H2,(H,8,9). The minimum absolute atomic E-state index is 0.263. The summed E-state index contributed by atoms with van der Waals surface area (Å²) in [6.45, 7) is 7.65. The number of likely N-dealkylation sites (N-methyl/N-ethyl adjacent to an activating group) is 1.